The van der Waals surface area contributed by atoms with E-state index in [0.29, 0.717) is 10.9 Å². The minimum absolute atomic E-state index is 0.0755. The summed E-state index contributed by atoms with van der Waals surface area (Å²) in [7, 11) is 0. The number of benzene rings is 1. The molecule has 2 amide bonds. The number of likely N-dealkylation sites (tertiary alicyclic amines) is 1. The number of halogens is 1. The van der Waals surface area contributed by atoms with E-state index in [9.17, 15) is 14.4 Å². The average molecular weight is 435 g/mol. The van der Waals surface area contributed by atoms with E-state index in [4.69, 9.17) is 0 Å². The van der Waals surface area contributed by atoms with Crippen LogP contribution >= 0.6 is 15.9 Å². The van der Waals surface area contributed by atoms with Crippen LogP contribution in [0.15, 0.2) is 33.8 Å². The van der Waals surface area contributed by atoms with Gasteiger partial charge in [-0.3, -0.25) is 19.0 Å². The summed E-state index contributed by atoms with van der Waals surface area (Å²) >= 11 is 3.34. The fourth-order valence-corrected chi connectivity index (χ4v) is 3.60. The zero-order valence-corrected chi connectivity index (χ0v) is 16.7. The molecular formula is C19H23BrN4O3. The molecule has 0 aliphatic carbocycles. The van der Waals surface area contributed by atoms with Crippen molar-refractivity contribution in [3.63, 3.8) is 0 Å². The van der Waals surface area contributed by atoms with E-state index in [1.165, 1.54) is 23.7 Å². The molecule has 0 radical (unpaired) electrons. The lowest BCUT2D eigenvalue weighted by Crippen LogP contribution is -2.37. The fraction of sp³-hybridized carbons (Fsp3) is 0.474. The summed E-state index contributed by atoms with van der Waals surface area (Å²) in [6, 6.07) is 5.26. The number of aromatic nitrogens is 2. The van der Waals surface area contributed by atoms with Gasteiger partial charge in [0, 0.05) is 30.5 Å². The molecule has 0 unspecified atom stereocenters. The lowest BCUT2D eigenvalue weighted by atomic mass is 10.2. The average Bonchev–Trinajstić information content (AvgIpc) is 2.94. The van der Waals surface area contributed by atoms with Gasteiger partial charge < -0.3 is 10.2 Å². The molecule has 144 valence electrons. The molecule has 1 aliphatic heterocycles. The van der Waals surface area contributed by atoms with E-state index < -0.39 is 0 Å². The quantitative estimate of drug-likeness (QED) is 0.780. The van der Waals surface area contributed by atoms with Crippen molar-refractivity contribution < 1.29 is 9.59 Å². The number of nitrogens with zero attached hydrogens (tertiary/aromatic N) is 3. The van der Waals surface area contributed by atoms with Crippen LogP contribution in [0.4, 0.5) is 0 Å². The monoisotopic (exact) mass is 434 g/mol. The minimum atomic E-state index is -0.308. The number of hydrogen-bond acceptors (Lipinski definition) is 4. The Morgan fingerprint density at radius 1 is 1.15 bits per heavy atom. The smallest absolute Gasteiger partial charge is 0.261 e. The third-order valence-corrected chi connectivity index (χ3v) is 5.21. The fourth-order valence-electron chi connectivity index (χ4n) is 3.24. The first-order valence-corrected chi connectivity index (χ1v) is 10.0. The van der Waals surface area contributed by atoms with Crippen LogP contribution in [0.25, 0.3) is 10.9 Å². The zero-order chi connectivity index (χ0) is 19.2. The van der Waals surface area contributed by atoms with Gasteiger partial charge in [-0.05, 0) is 31.0 Å². The van der Waals surface area contributed by atoms with E-state index in [0.717, 1.165) is 30.4 Å². The van der Waals surface area contributed by atoms with Gasteiger partial charge in [0.05, 0.1) is 17.2 Å². The maximum atomic E-state index is 12.5. The van der Waals surface area contributed by atoms with E-state index in [2.05, 4.69) is 26.2 Å². The second-order valence-electron chi connectivity index (χ2n) is 6.73. The summed E-state index contributed by atoms with van der Waals surface area (Å²) in [6.45, 7) is 1.77. The largest absolute Gasteiger partial charge is 0.354 e. The van der Waals surface area contributed by atoms with Gasteiger partial charge in [-0.25, -0.2) is 4.98 Å². The highest BCUT2D eigenvalue weighted by Crippen LogP contribution is 2.14. The summed E-state index contributed by atoms with van der Waals surface area (Å²) in [4.78, 5) is 43.0. The van der Waals surface area contributed by atoms with Crippen LogP contribution in [-0.4, -0.2) is 45.9 Å². The molecule has 7 nitrogen and oxygen atoms in total. The first-order valence-electron chi connectivity index (χ1n) is 9.24. The predicted octanol–water partition coefficient (Wildman–Crippen LogP) is 2.07. The third kappa shape index (κ3) is 5.15. The molecule has 0 saturated carbocycles. The summed E-state index contributed by atoms with van der Waals surface area (Å²) in [6.07, 6.45) is 6.10. The van der Waals surface area contributed by atoms with Gasteiger partial charge in [-0.15, -0.1) is 0 Å². The predicted molar refractivity (Wildman–Crippen MR) is 106 cm³/mol. The van der Waals surface area contributed by atoms with Crippen LogP contribution < -0.4 is 10.9 Å². The van der Waals surface area contributed by atoms with Gasteiger partial charge in [0.25, 0.3) is 5.56 Å². The molecule has 1 aromatic heterocycles. The normalized spacial score (nSPS) is 14.8. The second kappa shape index (κ2) is 9.12. The van der Waals surface area contributed by atoms with Gasteiger partial charge in [-0.2, -0.15) is 0 Å². The molecule has 1 aliphatic rings. The Bertz CT molecular complexity index is 888. The van der Waals surface area contributed by atoms with Crippen molar-refractivity contribution in [3.8, 4) is 0 Å². The van der Waals surface area contributed by atoms with Crippen LogP contribution in [0.5, 0.6) is 0 Å². The molecular weight excluding hydrogens is 412 g/mol. The molecule has 27 heavy (non-hydrogen) atoms. The Morgan fingerprint density at radius 2 is 1.89 bits per heavy atom. The van der Waals surface area contributed by atoms with Crippen molar-refractivity contribution in [2.45, 2.75) is 38.6 Å². The first kappa shape index (κ1) is 19.5. The van der Waals surface area contributed by atoms with E-state index in [1.54, 1.807) is 12.1 Å². The highest BCUT2D eigenvalue weighted by Gasteiger charge is 2.15. The second-order valence-corrected chi connectivity index (χ2v) is 7.65. The van der Waals surface area contributed by atoms with Gasteiger partial charge in [0.15, 0.2) is 0 Å². The van der Waals surface area contributed by atoms with Crippen LogP contribution in [0.2, 0.25) is 0 Å². The molecule has 8 heteroatoms. The summed E-state index contributed by atoms with van der Waals surface area (Å²) in [5, 5.41) is 3.17. The van der Waals surface area contributed by atoms with Crippen molar-refractivity contribution in [3.05, 3.63) is 39.4 Å². The van der Waals surface area contributed by atoms with Crippen molar-refractivity contribution >= 4 is 38.6 Å². The van der Waals surface area contributed by atoms with Gasteiger partial charge in [0.2, 0.25) is 11.8 Å². The number of nitrogens with one attached hydrogen (secondary N) is 1. The molecule has 1 aromatic carbocycles. The molecule has 2 aromatic rings. The molecule has 2 heterocycles. The molecule has 3 rings (SSSR count). The van der Waals surface area contributed by atoms with Crippen LogP contribution in [0, 0.1) is 0 Å². The summed E-state index contributed by atoms with van der Waals surface area (Å²) < 4.78 is 2.06. The summed E-state index contributed by atoms with van der Waals surface area (Å²) in [5.41, 5.74) is 0.319. The van der Waals surface area contributed by atoms with E-state index in [-0.39, 0.29) is 36.9 Å². The third-order valence-electron chi connectivity index (χ3n) is 4.72. The molecule has 0 atom stereocenters. The molecule has 1 fully saturated rings. The Kier molecular flexibility index (Phi) is 6.60. The Balaban J connectivity index is 1.53. The zero-order valence-electron chi connectivity index (χ0n) is 15.1. The van der Waals surface area contributed by atoms with Crippen LogP contribution in [0.1, 0.15) is 32.1 Å². The van der Waals surface area contributed by atoms with E-state index in [1.807, 2.05) is 11.0 Å². The maximum Gasteiger partial charge on any atom is 0.261 e. The van der Waals surface area contributed by atoms with Crippen molar-refractivity contribution in [2.24, 2.45) is 0 Å². The van der Waals surface area contributed by atoms with Gasteiger partial charge in [-0.1, -0.05) is 28.8 Å². The van der Waals surface area contributed by atoms with E-state index >= 15 is 0 Å². The van der Waals surface area contributed by atoms with Crippen LogP contribution in [-0.2, 0) is 16.1 Å². The number of hydrogen-bond donors (Lipinski definition) is 1. The lowest BCUT2D eigenvalue weighted by molar-refractivity contribution is -0.131. The van der Waals surface area contributed by atoms with Crippen LogP contribution in [0.3, 0.4) is 0 Å². The topological polar surface area (TPSA) is 84.3 Å². The van der Waals surface area contributed by atoms with Gasteiger partial charge >= 0.3 is 0 Å². The Hall–Kier alpha value is -2.22. The summed E-state index contributed by atoms with van der Waals surface area (Å²) in [5.74, 6) is -0.233. The number of carbonyl (C=O) groups excluding carboxylic acids is 2. The number of rotatable bonds is 5. The Labute approximate surface area is 165 Å². The molecule has 0 spiro atoms. The van der Waals surface area contributed by atoms with Crippen molar-refractivity contribution in [1.82, 2.24) is 19.8 Å². The SMILES string of the molecule is O=C(Cn1cnc2ccc(Br)cc2c1=O)NCCC(=O)N1CCCCCC1. The number of fused-ring (bicyclic) bond motifs is 1. The molecule has 0 bridgehead atoms. The first-order chi connectivity index (χ1) is 13.0. The highest BCUT2D eigenvalue weighted by molar-refractivity contribution is 9.10. The number of amides is 2. The maximum absolute atomic E-state index is 12.5. The molecule has 1 saturated heterocycles. The standard InChI is InChI=1S/C19H23BrN4O3/c20-14-5-6-16-15(11-14)19(27)24(13-22-16)12-17(25)21-8-7-18(26)23-9-3-1-2-4-10-23/h5-6,11,13H,1-4,7-10,12H2,(H,21,25). The van der Waals surface area contributed by atoms with Crippen molar-refractivity contribution in [2.75, 3.05) is 19.6 Å². The Morgan fingerprint density at radius 3 is 2.63 bits per heavy atom. The lowest BCUT2D eigenvalue weighted by Gasteiger charge is -2.20. The van der Waals surface area contributed by atoms with Crippen molar-refractivity contribution in [1.29, 1.82) is 0 Å². The molecule has 1 N–H and O–H groups in total. The number of carbonyl (C=O) groups is 2. The highest BCUT2D eigenvalue weighted by atomic mass is 79.9. The minimum Gasteiger partial charge on any atom is -0.354 e. The van der Waals surface area contributed by atoms with Gasteiger partial charge in [0.1, 0.15) is 6.54 Å².